The minimum atomic E-state index is -1.05. The lowest BCUT2D eigenvalue weighted by molar-refractivity contribution is -0.139. The van der Waals surface area contributed by atoms with Crippen LogP contribution in [0.2, 0.25) is 10.0 Å². The number of rotatable bonds is 7. The summed E-state index contributed by atoms with van der Waals surface area (Å²) in [6, 6.07) is 19.9. The van der Waals surface area contributed by atoms with Crippen LogP contribution in [0.5, 0.6) is 5.75 Å². The van der Waals surface area contributed by atoms with Crippen molar-refractivity contribution in [2.45, 2.75) is 45.3 Å². The Bertz CT molecular complexity index is 1250. The van der Waals surface area contributed by atoms with Crippen LogP contribution in [0.3, 0.4) is 0 Å². The monoisotopic (exact) mass is 524 g/mol. The molecular formula is C30H30Cl2O4. The first kappa shape index (κ1) is 26.3. The third kappa shape index (κ3) is 5.46. The molecule has 4 nitrogen and oxygen atoms in total. The highest BCUT2D eigenvalue weighted by Crippen LogP contribution is 2.54. The minimum absolute atomic E-state index is 0.0385. The molecule has 0 bridgehead atoms. The van der Waals surface area contributed by atoms with Crippen molar-refractivity contribution < 1.29 is 19.4 Å². The van der Waals surface area contributed by atoms with Crippen LogP contribution < -0.4 is 4.74 Å². The Kier molecular flexibility index (Phi) is 8.09. The lowest BCUT2D eigenvalue weighted by Crippen LogP contribution is -2.32. The molecule has 0 unspecified atom stereocenters. The fraction of sp³-hybridized carbons (Fsp3) is 0.300. The molecule has 36 heavy (non-hydrogen) atoms. The average Bonchev–Trinajstić information content (AvgIpc) is 2.86. The SMILES string of the molecule is C=C(C)[C@H]1C[C@H](c2ccccc2)[C@H](c2ccc(Cl)cc2)O[C@@H]1c1c(OCC(=O)O)cc(C)c(Cl)c1C. The molecule has 1 saturated heterocycles. The van der Waals surface area contributed by atoms with Gasteiger partial charge in [0.15, 0.2) is 6.61 Å². The number of hydrogen-bond donors (Lipinski definition) is 1. The number of halogens is 2. The molecule has 1 fully saturated rings. The summed E-state index contributed by atoms with van der Waals surface area (Å²) in [5.74, 6) is -0.533. The maximum atomic E-state index is 11.3. The van der Waals surface area contributed by atoms with Gasteiger partial charge in [0.2, 0.25) is 0 Å². The number of carbonyl (C=O) groups is 1. The number of hydrogen-bond acceptors (Lipinski definition) is 3. The van der Waals surface area contributed by atoms with E-state index in [2.05, 4.69) is 18.7 Å². The molecular weight excluding hydrogens is 495 g/mol. The van der Waals surface area contributed by atoms with Crippen LogP contribution >= 0.6 is 23.2 Å². The molecule has 6 heteroatoms. The minimum Gasteiger partial charge on any atom is -0.482 e. The van der Waals surface area contributed by atoms with Crippen molar-refractivity contribution in [3.05, 3.63) is 111 Å². The molecule has 1 aliphatic heterocycles. The number of aryl methyl sites for hydroxylation is 1. The normalized spacial score (nSPS) is 21.7. The van der Waals surface area contributed by atoms with Crippen molar-refractivity contribution in [3.63, 3.8) is 0 Å². The van der Waals surface area contributed by atoms with E-state index in [4.69, 9.17) is 32.7 Å². The lowest BCUT2D eigenvalue weighted by Gasteiger charge is -2.44. The lowest BCUT2D eigenvalue weighted by atomic mass is 9.73. The molecule has 1 aliphatic rings. The summed E-state index contributed by atoms with van der Waals surface area (Å²) in [4.78, 5) is 11.3. The van der Waals surface area contributed by atoms with E-state index in [0.29, 0.717) is 15.8 Å². The second-order valence-electron chi connectivity index (χ2n) is 9.46. The van der Waals surface area contributed by atoms with E-state index in [1.807, 2.05) is 63.2 Å². The Morgan fingerprint density at radius 2 is 1.72 bits per heavy atom. The topological polar surface area (TPSA) is 55.8 Å². The summed E-state index contributed by atoms with van der Waals surface area (Å²) in [7, 11) is 0. The summed E-state index contributed by atoms with van der Waals surface area (Å²) in [5, 5.41) is 10.6. The molecule has 0 radical (unpaired) electrons. The summed E-state index contributed by atoms with van der Waals surface area (Å²) < 4.78 is 12.8. The van der Waals surface area contributed by atoms with Gasteiger partial charge >= 0.3 is 5.97 Å². The van der Waals surface area contributed by atoms with Gasteiger partial charge in [0, 0.05) is 27.4 Å². The standard InChI is InChI=1S/C30H30Cl2O4/c1-17(2)23-15-24(20-8-6-5-7-9-20)29(21-10-12-22(31)13-11-21)36-30(23)27-19(4)28(32)18(3)14-25(27)35-16-26(33)34/h5-14,23-24,29-30H,1,15-16H2,2-4H3,(H,33,34)/t23-,24-,29+,30+/m1/s1. The highest BCUT2D eigenvalue weighted by molar-refractivity contribution is 6.32. The molecule has 3 aromatic rings. The van der Waals surface area contributed by atoms with Crippen molar-refractivity contribution in [1.29, 1.82) is 0 Å². The largest absolute Gasteiger partial charge is 0.482 e. The fourth-order valence-electron chi connectivity index (χ4n) is 5.12. The number of carboxylic acid groups (broad SMARTS) is 1. The molecule has 1 N–H and O–H groups in total. The summed E-state index contributed by atoms with van der Waals surface area (Å²) in [6.07, 6.45) is 0.0998. The van der Waals surface area contributed by atoms with Crippen molar-refractivity contribution in [1.82, 2.24) is 0 Å². The summed E-state index contributed by atoms with van der Waals surface area (Å²) >= 11 is 12.9. The van der Waals surface area contributed by atoms with Gasteiger partial charge in [-0.3, -0.25) is 0 Å². The number of aliphatic carboxylic acids is 1. The Hall–Kier alpha value is -2.79. The first-order valence-corrected chi connectivity index (χ1v) is 12.7. The Morgan fingerprint density at radius 1 is 1.06 bits per heavy atom. The number of carboxylic acids is 1. The Morgan fingerprint density at radius 3 is 2.33 bits per heavy atom. The van der Waals surface area contributed by atoms with Crippen LogP contribution in [-0.2, 0) is 9.53 Å². The quantitative estimate of drug-likeness (QED) is 0.316. The van der Waals surface area contributed by atoms with E-state index < -0.39 is 18.7 Å². The van der Waals surface area contributed by atoms with E-state index in [1.54, 1.807) is 6.07 Å². The zero-order valence-corrected chi connectivity index (χ0v) is 22.1. The van der Waals surface area contributed by atoms with E-state index in [9.17, 15) is 9.90 Å². The molecule has 4 rings (SSSR count). The molecule has 0 amide bonds. The summed E-state index contributed by atoms with van der Waals surface area (Å²) in [5.41, 5.74) is 5.59. The highest BCUT2D eigenvalue weighted by Gasteiger charge is 2.42. The Balaban J connectivity index is 1.86. The predicted octanol–water partition coefficient (Wildman–Crippen LogP) is 8.25. The summed E-state index contributed by atoms with van der Waals surface area (Å²) in [6.45, 7) is 9.67. The van der Waals surface area contributed by atoms with Gasteiger partial charge in [0.25, 0.3) is 0 Å². The van der Waals surface area contributed by atoms with Crippen LogP contribution in [0.25, 0.3) is 0 Å². The van der Waals surface area contributed by atoms with Gasteiger partial charge in [-0.25, -0.2) is 4.79 Å². The molecule has 3 aromatic carbocycles. The zero-order valence-electron chi connectivity index (χ0n) is 20.6. The molecule has 0 saturated carbocycles. The van der Waals surface area contributed by atoms with Gasteiger partial charge in [-0.2, -0.15) is 0 Å². The van der Waals surface area contributed by atoms with Crippen LogP contribution in [-0.4, -0.2) is 17.7 Å². The van der Waals surface area contributed by atoms with Gasteiger partial charge in [-0.15, -0.1) is 0 Å². The van der Waals surface area contributed by atoms with E-state index in [-0.39, 0.29) is 17.9 Å². The van der Waals surface area contributed by atoms with Crippen LogP contribution in [0, 0.1) is 19.8 Å². The highest BCUT2D eigenvalue weighted by atomic mass is 35.5. The van der Waals surface area contributed by atoms with Gasteiger partial charge in [0.1, 0.15) is 5.75 Å². The van der Waals surface area contributed by atoms with E-state index >= 15 is 0 Å². The maximum Gasteiger partial charge on any atom is 0.341 e. The number of ether oxygens (including phenoxy) is 2. The van der Waals surface area contributed by atoms with E-state index in [0.717, 1.165) is 34.2 Å². The molecule has 0 aromatic heterocycles. The van der Waals surface area contributed by atoms with Crippen molar-refractivity contribution in [2.75, 3.05) is 6.61 Å². The Labute approximate surface area is 222 Å². The van der Waals surface area contributed by atoms with Gasteiger partial charge in [-0.05, 0) is 67.6 Å². The smallest absolute Gasteiger partial charge is 0.341 e. The van der Waals surface area contributed by atoms with Crippen LogP contribution in [0.1, 0.15) is 59.3 Å². The first-order chi connectivity index (χ1) is 17.2. The second-order valence-corrected chi connectivity index (χ2v) is 10.3. The molecule has 188 valence electrons. The van der Waals surface area contributed by atoms with Crippen molar-refractivity contribution >= 4 is 29.2 Å². The van der Waals surface area contributed by atoms with Crippen LogP contribution in [0.15, 0.2) is 72.8 Å². The maximum absolute atomic E-state index is 11.3. The van der Waals surface area contributed by atoms with Gasteiger partial charge in [0.05, 0.1) is 12.2 Å². The predicted molar refractivity (Wildman–Crippen MR) is 144 cm³/mol. The average molecular weight is 525 g/mol. The number of benzene rings is 3. The fourth-order valence-corrected chi connectivity index (χ4v) is 5.40. The van der Waals surface area contributed by atoms with E-state index in [1.165, 1.54) is 5.56 Å². The van der Waals surface area contributed by atoms with Crippen molar-refractivity contribution in [3.8, 4) is 5.75 Å². The second kappa shape index (κ2) is 11.1. The molecule has 0 spiro atoms. The van der Waals surface area contributed by atoms with Crippen LogP contribution in [0.4, 0.5) is 0 Å². The van der Waals surface area contributed by atoms with Gasteiger partial charge in [-0.1, -0.05) is 77.8 Å². The molecule has 4 atom stereocenters. The molecule has 0 aliphatic carbocycles. The third-order valence-corrected chi connectivity index (χ3v) is 7.75. The van der Waals surface area contributed by atoms with Gasteiger partial charge < -0.3 is 14.6 Å². The van der Waals surface area contributed by atoms with Crippen molar-refractivity contribution in [2.24, 2.45) is 5.92 Å². The first-order valence-electron chi connectivity index (χ1n) is 11.9. The third-order valence-electron chi connectivity index (χ3n) is 6.92. The molecule has 1 heterocycles. The zero-order chi connectivity index (χ0) is 26.0.